The Hall–Kier alpha value is -2.78. The maximum atomic E-state index is 10.6. The number of rotatable bonds is 4. The van der Waals surface area contributed by atoms with Gasteiger partial charge in [-0.2, -0.15) is 5.26 Å². The predicted octanol–water partition coefficient (Wildman–Crippen LogP) is 2.62. The number of hydrogen-bond acceptors (Lipinski definition) is 6. The molecule has 0 radical (unpaired) electrons. The van der Waals surface area contributed by atoms with Gasteiger partial charge >= 0.3 is 0 Å². The van der Waals surface area contributed by atoms with Crippen molar-refractivity contribution >= 4 is 5.82 Å². The highest BCUT2D eigenvalue weighted by atomic mass is 16.5. The third kappa shape index (κ3) is 3.56. The number of nitrogens with zero attached hydrogens (tertiary/aromatic N) is 3. The Morgan fingerprint density at radius 1 is 1.15 bits per heavy atom. The van der Waals surface area contributed by atoms with Crippen molar-refractivity contribution in [2.24, 2.45) is 11.8 Å². The molecule has 1 aromatic heterocycles. The van der Waals surface area contributed by atoms with E-state index in [0.29, 0.717) is 35.3 Å². The summed E-state index contributed by atoms with van der Waals surface area (Å²) in [4.78, 5) is 6.64. The molecule has 4 atom stereocenters. The average Bonchev–Trinajstić information content (AvgIpc) is 3.11. The lowest BCUT2D eigenvalue weighted by atomic mass is 9.78. The van der Waals surface area contributed by atoms with Crippen LogP contribution in [0, 0.1) is 23.2 Å². The van der Waals surface area contributed by atoms with E-state index in [1.54, 1.807) is 19.4 Å². The number of hydrogen-bond donors (Lipinski definition) is 1. The molecule has 1 saturated carbocycles. The number of aliphatic hydroxyl groups excluding tert-OH is 1. The van der Waals surface area contributed by atoms with E-state index in [-0.39, 0.29) is 6.10 Å². The lowest BCUT2D eigenvalue weighted by Gasteiger charge is -2.35. The Morgan fingerprint density at radius 2 is 1.89 bits per heavy atom. The monoisotopic (exact) mass is 365 g/mol. The normalized spacial score (nSPS) is 26.9. The smallest absolute Gasteiger partial charge is 0.161 e. The van der Waals surface area contributed by atoms with Crippen LogP contribution in [0.25, 0.3) is 0 Å². The van der Waals surface area contributed by atoms with Gasteiger partial charge < -0.3 is 19.5 Å². The molecule has 1 N–H and O–H groups in total. The van der Waals surface area contributed by atoms with E-state index in [1.165, 1.54) is 0 Å². The van der Waals surface area contributed by atoms with Gasteiger partial charge in [0.1, 0.15) is 11.9 Å². The van der Waals surface area contributed by atoms with Gasteiger partial charge in [0.15, 0.2) is 11.5 Å². The molecule has 0 unspecified atom stereocenters. The minimum atomic E-state index is -0.505. The van der Waals surface area contributed by atoms with Crippen LogP contribution >= 0.6 is 0 Å². The van der Waals surface area contributed by atoms with Crippen molar-refractivity contribution in [3.05, 3.63) is 48.2 Å². The van der Waals surface area contributed by atoms with Crippen LogP contribution in [-0.2, 0) is 0 Å². The van der Waals surface area contributed by atoms with Crippen LogP contribution in [0.15, 0.2) is 42.6 Å². The van der Waals surface area contributed by atoms with Gasteiger partial charge in [-0.25, -0.2) is 4.98 Å². The van der Waals surface area contributed by atoms with E-state index in [2.05, 4.69) is 16.0 Å². The van der Waals surface area contributed by atoms with Crippen molar-refractivity contribution in [3.63, 3.8) is 0 Å². The van der Waals surface area contributed by atoms with Crippen molar-refractivity contribution in [2.75, 3.05) is 25.1 Å². The molecule has 0 bridgehead atoms. The number of benzene rings is 1. The molecule has 27 heavy (non-hydrogen) atoms. The van der Waals surface area contributed by atoms with E-state index >= 15 is 0 Å². The van der Waals surface area contributed by atoms with E-state index in [9.17, 15) is 5.11 Å². The minimum Gasteiger partial charge on any atom is -0.493 e. The van der Waals surface area contributed by atoms with Crippen LogP contribution < -0.4 is 14.4 Å². The molecular formula is C21H23N3O3. The number of methoxy groups -OCH3 is 1. The molecule has 1 aliphatic heterocycles. The third-order valence-electron chi connectivity index (χ3n) is 5.63. The fourth-order valence-electron chi connectivity index (χ4n) is 4.24. The van der Waals surface area contributed by atoms with E-state index in [4.69, 9.17) is 14.7 Å². The van der Waals surface area contributed by atoms with Crippen LogP contribution in [0.5, 0.6) is 11.5 Å². The number of nitriles is 1. The van der Waals surface area contributed by atoms with Gasteiger partial charge in [0, 0.05) is 19.3 Å². The molecule has 2 aromatic rings. The first kappa shape index (κ1) is 17.6. The first-order chi connectivity index (χ1) is 13.2. The minimum absolute atomic E-state index is 0.249. The summed E-state index contributed by atoms with van der Waals surface area (Å²) in [6, 6.07) is 13.2. The first-order valence-electron chi connectivity index (χ1n) is 9.26. The second-order valence-electron chi connectivity index (χ2n) is 7.29. The summed E-state index contributed by atoms with van der Waals surface area (Å²) in [6.45, 7) is 1.72. The highest BCUT2D eigenvalue weighted by molar-refractivity contribution is 5.46. The summed E-state index contributed by atoms with van der Waals surface area (Å²) in [6.07, 6.45) is 2.42. The maximum Gasteiger partial charge on any atom is 0.161 e. The van der Waals surface area contributed by atoms with Crippen molar-refractivity contribution in [1.29, 1.82) is 5.26 Å². The molecular weight excluding hydrogens is 342 g/mol. The summed E-state index contributed by atoms with van der Waals surface area (Å²) in [5.41, 5.74) is 0.618. The van der Waals surface area contributed by atoms with Crippen LogP contribution in [0.1, 0.15) is 18.4 Å². The maximum absolute atomic E-state index is 10.6. The molecule has 0 amide bonds. The zero-order chi connectivity index (χ0) is 18.8. The molecule has 6 heteroatoms. The number of pyridine rings is 1. The highest BCUT2D eigenvalue weighted by Crippen LogP contribution is 2.40. The van der Waals surface area contributed by atoms with E-state index in [0.717, 1.165) is 25.3 Å². The van der Waals surface area contributed by atoms with Gasteiger partial charge in [0.2, 0.25) is 0 Å². The number of aromatic nitrogens is 1. The second kappa shape index (κ2) is 7.45. The van der Waals surface area contributed by atoms with Crippen molar-refractivity contribution in [1.82, 2.24) is 4.98 Å². The van der Waals surface area contributed by atoms with E-state index in [1.807, 2.05) is 30.3 Å². The van der Waals surface area contributed by atoms with Gasteiger partial charge in [0.25, 0.3) is 0 Å². The summed E-state index contributed by atoms with van der Waals surface area (Å²) in [5.74, 6) is 3.02. The molecule has 2 aliphatic rings. The summed E-state index contributed by atoms with van der Waals surface area (Å²) >= 11 is 0. The second-order valence-corrected chi connectivity index (χ2v) is 7.29. The Morgan fingerprint density at radius 3 is 2.63 bits per heavy atom. The predicted molar refractivity (Wildman–Crippen MR) is 101 cm³/mol. The summed E-state index contributed by atoms with van der Waals surface area (Å²) < 4.78 is 11.5. The molecule has 4 rings (SSSR count). The van der Waals surface area contributed by atoms with Crippen molar-refractivity contribution < 1.29 is 14.6 Å². The van der Waals surface area contributed by atoms with Crippen LogP contribution in [0.2, 0.25) is 0 Å². The standard InChI is InChI=1S/C21H23N3O3/c1-26-18-4-2-3-5-19(18)27-20-10-16-13-24(12-15(16)9-17(20)25)21-8-14(11-22)6-7-23-21/h2-8,15-17,20,25H,9-10,12-13H2,1H3/t15-,16+,17+,20+/m0/s1. The SMILES string of the molecule is COc1ccccc1O[C@@H]1C[C@@H]2CN(c3cc(C#N)ccn3)C[C@@H]2C[C@H]1O. The Kier molecular flexibility index (Phi) is 4.87. The lowest BCUT2D eigenvalue weighted by molar-refractivity contribution is -0.0240. The molecule has 2 fully saturated rings. The number of fused-ring (bicyclic) bond motifs is 1. The van der Waals surface area contributed by atoms with Gasteiger partial charge in [0.05, 0.1) is 24.8 Å². The fourth-order valence-corrected chi connectivity index (χ4v) is 4.24. The topological polar surface area (TPSA) is 78.6 Å². The van der Waals surface area contributed by atoms with E-state index < -0.39 is 6.10 Å². The zero-order valence-electron chi connectivity index (χ0n) is 15.3. The van der Waals surface area contributed by atoms with Crippen LogP contribution in [0.3, 0.4) is 0 Å². The van der Waals surface area contributed by atoms with Gasteiger partial charge in [-0.1, -0.05) is 12.1 Å². The molecule has 6 nitrogen and oxygen atoms in total. The third-order valence-corrected chi connectivity index (χ3v) is 5.63. The molecule has 1 aromatic carbocycles. The Balaban J connectivity index is 1.46. The highest BCUT2D eigenvalue weighted by Gasteiger charge is 2.43. The number of para-hydroxylation sites is 2. The number of ether oxygens (including phenoxy) is 2. The van der Waals surface area contributed by atoms with Gasteiger partial charge in [-0.15, -0.1) is 0 Å². The Labute approximate surface area is 159 Å². The van der Waals surface area contributed by atoms with Crippen molar-refractivity contribution in [3.8, 4) is 17.6 Å². The quantitative estimate of drug-likeness (QED) is 0.897. The molecule has 1 saturated heterocycles. The van der Waals surface area contributed by atoms with Crippen LogP contribution in [-0.4, -0.2) is 42.5 Å². The Bertz CT molecular complexity index is 851. The number of anilines is 1. The number of aliphatic hydroxyl groups is 1. The van der Waals surface area contributed by atoms with Gasteiger partial charge in [-0.05, 0) is 48.9 Å². The average molecular weight is 365 g/mol. The molecule has 140 valence electrons. The summed E-state index contributed by atoms with van der Waals surface area (Å²) in [7, 11) is 1.62. The molecule has 2 heterocycles. The first-order valence-corrected chi connectivity index (χ1v) is 9.26. The largest absolute Gasteiger partial charge is 0.493 e. The zero-order valence-corrected chi connectivity index (χ0v) is 15.3. The lowest BCUT2D eigenvalue weighted by Crippen LogP contribution is -2.42. The van der Waals surface area contributed by atoms with Gasteiger partial charge in [-0.3, -0.25) is 0 Å². The van der Waals surface area contributed by atoms with Crippen LogP contribution in [0.4, 0.5) is 5.82 Å². The fraction of sp³-hybridized carbons (Fsp3) is 0.429. The molecule has 0 spiro atoms. The van der Waals surface area contributed by atoms with Crippen molar-refractivity contribution in [2.45, 2.75) is 25.0 Å². The summed E-state index contributed by atoms with van der Waals surface area (Å²) in [5, 5.41) is 19.7. The molecule has 1 aliphatic carbocycles.